The summed E-state index contributed by atoms with van der Waals surface area (Å²) in [6.45, 7) is 2.08. The van der Waals surface area contributed by atoms with Gasteiger partial charge in [-0.1, -0.05) is 33.9 Å². The lowest BCUT2D eigenvalue weighted by atomic mass is 10.1. The van der Waals surface area contributed by atoms with Crippen molar-refractivity contribution in [2.45, 2.75) is 28.2 Å². The fraction of sp³-hybridized carbons (Fsp3) is 0.417. The number of methoxy groups -OCH3 is 1. The molecule has 1 aromatic carbocycles. The van der Waals surface area contributed by atoms with E-state index in [1.165, 1.54) is 12.7 Å². The predicted octanol–water partition coefficient (Wildman–Crippen LogP) is 3.31. The molecular formula is C12H20O2. The topological polar surface area (TPSA) is 26.3 Å². The maximum Gasteiger partial charge on any atom is 0.337 e. The lowest BCUT2D eigenvalue weighted by molar-refractivity contribution is 0.0600. The third-order valence-electron chi connectivity index (χ3n) is 1.78. The number of carbonyl (C=O) groups excluding carboxylic acids is 1. The average molecular weight is 196 g/mol. The van der Waals surface area contributed by atoms with Gasteiger partial charge in [0.2, 0.25) is 0 Å². The van der Waals surface area contributed by atoms with Gasteiger partial charge < -0.3 is 4.74 Å². The summed E-state index contributed by atoms with van der Waals surface area (Å²) in [5.74, 6) is -0.280. The third-order valence-corrected chi connectivity index (χ3v) is 1.78. The Balaban J connectivity index is 0. The zero-order valence-electron chi connectivity index (χ0n) is 7.33. The van der Waals surface area contributed by atoms with Crippen LogP contribution in [0.5, 0.6) is 0 Å². The van der Waals surface area contributed by atoms with Gasteiger partial charge in [0, 0.05) is 0 Å². The maximum absolute atomic E-state index is 11.0. The van der Waals surface area contributed by atoms with Crippen LogP contribution in [0.1, 0.15) is 37.7 Å². The molecule has 0 aliphatic heterocycles. The van der Waals surface area contributed by atoms with Gasteiger partial charge in [0.25, 0.3) is 0 Å². The minimum Gasteiger partial charge on any atom is -0.465 e. The van der Waals surface area contributed by atoms with E-state index in [1.54, 1.807) is 12.1 Å². The summed E-state index contributed by atoms with van der Waals surface area (Å²) in [6.07, 6.45) is 0.988. The fourth-order valence-corrected chi connectivity index (χ4v) is 0.994. The van der Waals surface area contributed by atoms with Crippen LogP contribution in [0, 0.1) is 0 Å². The minimum atomic E-state index is -0.280. The molecule has 0 radical (unpaired) electrons. The molecule has 0 saturated heterocycles. The molecule has 2 nitrogen and oxygen atoms in total. The second-order valence-corrected chi connectivity index (χ2v) is 2.54. The molecule has 0 aliphatic rings. The number of esters is 1. The molecule has 0 heterocycles. The van der Waals surface area contributed by atoms with Gasteiger partial charge in [0.1, 0.15) is 0 Å². The number of benzene rings is 1. The second kappa shape index (κ2) is 7.13. The van der Waals surface area contributed by atoms with Crippen LogP contribution in [-0.2, 0) is 11.2 Å². The van der Waals surface area contributed by atoms with Gasteiger partial charge in [-0.15, -0.1) is 0 Å². The Kier molecular flexibility index (Phi) is 7.73. The first-order valence-corrected chi connectivity index (χ1v) is 3.95. The van der Waals surface area contributed by atoms with Gasteiger partial charge in [0.05, 0.1) is 12.7 Å². The van der Waals surface area contributed by atoms with Crippen molar-refractivity contribution in [1.82, 2.24) is 0 Å². The molecule has 0 aliphatic carbocycles. The molecule has 0 aromatic heterocycles. The Labute approximate surface area is 86.9 Å². The van der Waals surface area contributed by atoms with Gasteiger partial charge in [-0.25, -0.2) is 4.79 Å². The van der Waals surface area contributed by atoms with Crippen LogP contribution in [0.15, 0.2) is 24.3 Å². The van der Waals surface area contributed by atoms with Gasteiger partial charge in [-0.3, -0.25) is 0 Å². The van der Waals surface area contributed by atoms with Crippen LogP contribution >= 0.6 is 0 Å². The highest BCUT2D eigenvalue weighted by Gasteiger charge is 2.02. The van der Waals surface area contributed by atoms with E-state index < -0.39 is 0 Å². The zero-order valence-corrected chi connectivity index (χ0v) is 7.33. The van der Waals surface area contributed by atoms with Crippen molar-refractivity contribution in [2.24, 2.45) is 0 Å². The first kappa shape index (κ1) is 15.2. The molecule has 1 rings (SSSR count). The van der Waals surface area contributed by atoms with E-state index in [0.29, 0.717) is 5.56 Å². The first-order valence-electron chi connectivity index (χ1n) is 3.95. The summed E-state index contributed by atoms with van der Waals surface area (Å²) in [5, 5.41) is 0. The molecule has 0 atom stereocenters. The van der Waals surface area contributed by atoms with E-state index in [1.807, 2.05) is 12.1 Å². The summed E-state index contributed by atoms with van der Waals surface area (Å²) in [4.78, 5) is 11.0. The van der Waals surface area contributed by atoms with Gasteiger partial charge in [0.15, 0.2) is 0 Å². The monoisotopic (exact) mass is 196 g/mol. The van der Waals surface area contributed by atoms with Gasteiger partial charge in [-0.2, -0.15) is 0 Å². The Hall–Kier alpha value is -1.31. The van der Waals surface area contributed by atoms with Gasteiger partial charge in [-0.05, 0) is 24.1 Å². The lowest BCUT2D eigenvalue weighted by Gasteiger charge is -1.99. The first-order chi connectivity index (χ1) is 5.77. The van der Waals surface area contributed by atoms with Crippen molar-refractivity contribution in [3.05, 3.63) is 35.4 Å². The van der Waals surface area contributed by atoms with E-state index in [4.69, 9.17) is 0 Å². The summed E-state index contributed by atoms with van der Waals surface area (Å²) >= 11 is 0. The highest BCUT2D eigenvalue weighted by molar-refractivity contribution is 5.89. The SMILES string of the molecule is C.C.CCc1ccc(C(=O)OC)cc1. The summed E-state index contributed by atoms with van der Waals surface area (Å²) < 4.78 is 4.57. The van der Waals surface area contributed by atoms with E-state index in [0.717, 1.165) is 6.42 Å². The summed E-state index contributed by atoms with van der Waals surface area (Å²) in [5.41, 5.74) is 1.83. The standard InChI is InChI=1S/C10H12O2.2CH4/c1-3-8-4-6-9(7-5-8)10(11)12-2;;/h4-7H,3H2,1-2H3;2*1H4. The van der Waals surface area contributed by atoms with Crippen molar-refractivity contribution in [2.75, 3.05) is 7.11 Å². The fourth-order valence-electron chi connectivity index (χ4n) is 0.994. The van der Waals surface area contributed by atoms with Crippen LogP contribution in [0.2, 0.25) is 0 Å². The molecule has 0 unspecified atom stereocenters. The van der Waals surface area contributed by atoms with Gasteiger partial charge >= 0.3 is 5.97 Å². The van der Waals surface area contributed by atoms with E-state index in [-0.39, 0.29) is 20.8 Å². The lowest BCUT2D eigenvalue weighted by Crippen LogP contribution is -2.00. The number of hydrogen-bond donors (Lipinski definition) is 0. The Morgan fingerprint density at radius 3 is 2.07 bits per heavy atom. The largest absolute Gasteiger partial charge is 0.465 e. The summed E-state index contributed by atoms with van der Waals surface area (Å²) in [7, 11) is 1.38. The molecule has 0 saturated carbocycles. The smallest absolute Gasteiger partial charge is 0.337 e. The Bertz CT molecular complexity index is 262. The molecule has 0 bridgehead atoms. The number of carbonyl (C=O) groups is 1. The average Bonchev–Trinajstić information content (AvgIpc) is 2.17. The predicted molar refractivity (Wildman–Crippen MR) is 60.6 cm³/mol. The highest BCUT2D eigenvalue weighted by atomic mass is 16.5. The molecule has 0 fully saturated rings. The molecule has 0 spiro atoms. The highest BCUT2D eigenvalue weighted by Crippen LogP contribution is 2.05. The number of aryl methyl sites for hydroxylation is 1. The molecule has 14 heavy (non-hydrogen) atoms. The number of rotatable bonds is 2. The quantitative estimate of drug-likeness (QED) is 0.678. The van der Waals surface area contributed by atoms with Crippen LogP contribution < -0.4 is 0 Å². The molecule has 1 aromatic rings. The van der Waals surface area contributed by atoms with Crippen LogP contribution in [0.25, 0.3) is 0 Å². The second-order valence-electron chi connectivity index (χ2n) is 2.54. The van der Waals surface area contributed by atoms with Crippen molar-refractivity contribution < 1.29 is 9.53 Å². The minimum absolute atomic E-state index is 0. The van der Waals surface area contributed by atoms with Crippen molar-refractivity contribution >= 4 is 5.97 Å². The molecule has 0 amide bonds. The van der Waals surface area contributed by atoms with Crippen molar-refractivity contribution in [3.63, 3.8) is 0 Å². The van der Waals surface area contributed by atoms with E-state index >= 15 is 0 Å². The Morgan fingerprint density at radius 2 is 1.71 bits per heavy atom. The third kappa shape index (κ3) is 3.60. The molecule has 0 N–H and O–H groups in total. The van der Waals surface area contributed by atoms with E-state index in [9.17, 15) is 4.79 Å². The van der Waals surface area contributed by atoms with Crippen LogP contribution in [-0.4, -0.2) is 13.1 Å². The van der Waals surface area contributed by atoms with Crippen molar-refractivity contribution in [3.8, 4) is 0 Å². The maximum atomic E-state index is 11.0. The summed E-state index contributed by atoms with van der Waals surface area (Å²) in [6, 6.07) is 7.44. The van der Waals surface area contributed by atoms with Crippen LogP contribution in [0.3, 0.4) is 0 Å². The van der Waals surface area contributed by atoms with E-state index in [2.05, 4.69) is 11.7 Å². The molecular weight excluding hydrogens is 176 g/mol. The van der Waals surface area contributed by atoms with Crippen molar-refractivity contribution in [1.29, 1.82) is 0 Å². The molecule has 80 valence electrons. The number of hydrogen-bond acceptors (Lipinski definition) is 2. The normalized spacial score (nSPS) is 8.14. The number of ether oxygens (including phenoxy) is 1. The molecule has 2 heteroatoms. The Morgan fingerprint density at radius 1 is 1.21 bits per heavy atom. The zero-order chi connectivity index (χ0) is 8.97. The van der Waals surface area contributed by atoms with Crippen LogP contribution in [0.4, 0.5) is 0 Å².